The summed E-state index contributed by atoms with van der Waals surface area (Å²) in [5.74, 6) is -0.380. The van der Waals surface area contributed by atoms with Crippen LogP contribution in [0.5, 0.6) is 0 Å². The Morgan fingerprint density at radius 3 is 2.69 bits per heavy atom. The minimum absolute atomic E-state index is 0.335. The summed E-state index contributed by atoms with van der Waals surface area (Å²) >= 11 is 0. The summed E-state index contributed by atoms with van der Waals surface area (Å²) in [5, 5.41) is 0. The number of carbonyl (C=O) groups is 1. The van der Waals surface area contributed by atoms with Gasteiger partial charge in [-0.2, -0.15) is 0 Å². The quantitative estimate of drug-likeness (QED) is 0.370. The molecule has 0 spiro atoms. The maximum Gasteiger partial charge on any atom is 0.330 e. The lowest BCUT2D eigenvalue weighted by Crippen LogP contribution is -2.14. The topological polar surface area (TPSA) is 35.5 Å². The molecule has 0 bridgehead atoms. The molecule has 1 aliphatic carbocycles. The maximum absolute atomic E-state index is 10.6. The first kappa shape index (κ1) is 10.3. The van der Waals surface area contributed by atoms with Crippen LogP contribution >= 0.6 is 0 Å². The molecule has 0 saturated heterocycles. The normalized spacial score (nSPS) is 17.2. The Bertz CT molecular complexity index is 171. The molecule has 1 fully saturated rings. The molecule has 0 aromatic heterocycles. The fourth-order valence-electron chi connectivity index (χ4n) is 1.47. The molecule has 0 unspecified atom stereocenters. The summed E-state index contributed by atoms with van der Waals surface area (Å²) in [7, 11) is 0. The second-order valence-corrected chi connectivity index (χ2v) is 3.15. The molecule has 3 heteroatoms. The van der Waals surface area contributed by atoms with Crippen molar-refractivity contribution in [1.29, 1.82) is 0 Å². The third kappa shape index (κ3) is 4.08. The van der Waals surface area contributed by atoms with Gasteiger partial charge in [0.2, 0.25) is 0 Å². The molecule has 0 N–H and O–H groups in total. The highest BCUT2D eigenvalue weighted by atomic mass is 16.6. The van der Waals surface area contributed by atoms with Gasteiger partial charge in [0.1, 0.15) is 6.61 Å². The van der Waals surface area contributed by atoms with E-state index in [0.29, 0.717) is 19.3 Å². The summed E-state index contributed by atoms with van der Waals surface area (Å²) in [6.07, 6.45) is 6.37. The van der Waals surface area contributed by atoms with E-state index in [1.807, 2.05) is 0 Å². The molecule has 1 aliphatic rings. The third-order valence-electron chi connectivity index (χ3n) is 2.15. The van der Waals surface area contributed by atoms with Gasteiger partial charge in [-0.25, -0.2) is 4.79 Å². The molecule has 13 heavy (non-hydrogen) atoms. The highest BCUT2D eigenvalue weighted by Crippen LogP contribution is 2.20. The first-order valence-corrected chi connectivity index (χ1v) is 4.73. The first-order valence-electron chi connectivity index (χ1n) is 4.73. The van der Waals surface area contributed by atoms with Crippen LogP contribution in [0.3, 0.4) is 0 Å². The van der Waals surface area contributed by atoms with Gasteiger partial charge in [-0.3, -0.25) is 0 Å². The average molecular weight is 184 g/mol. The van der Waals surface area contributed by atoms with Crippen LogP contribution in [0.4, 0.5) is 0 Å². The Kier molecular flexibility index (Phi) is 4.54. The van der Waals surface area contributed by atoms with E-state index in [1.165, 1.54) is 12.8 Å². The molecule has 0 aromatic rings. The largest absolute Gasteiger partial charge is 0.460 e. The molecule has 0 aliphatic heterocycles. The van der Waals surface area contributed by atoms with Crippen molar-refractivity contribution in [2.45, 2.75) is 31.8 Å². The Morgan fingerprint density at radius 1 is 1.38 bits per heavy atom. The van der Waals surface area contributed by atoms with Crippen LogP contribution in [0.1, 0.15) is 25.7 Å². The van der Waals surface area contributed by atoms with Crippen LogP contribution in [0.2, 0.25) is 0 Å². The molecular formula is C10H16O3. The summed E-state index contributed by atoms with van der Waals surface area (Å²) in [6.45, 7) is 4.14. The lowest BCUT2D eigenvalue weighted by molar-refractivity contribution is -0.139. The molecule has 0 aromatic carbocycles. The molecule has 0 atom stereocenters. The Morgan fingerprint density at radius 2 is 2.08 bits per heavy atom. The van der Waals surface area contributed by atoms with Crippen molar-refractivity contribution in [2.75, 3.05) is 13.2 Å². The lowest BCUT2D eigenvalue weighted by Gasteiger charge is -2.10. The fraction of sp³-hybridized carbons (Fsp3) is 0.700. The van der Waals surface area contributed by atoms with E-state index >= 15 is 0 Å². The molecule has 0 heterocycles. The van der Waals surface area contributed by atoms with Gasteiger partial charge in [0.05, 0.1) is 12.7 Å². The summed E-state index contributed by atoms with van der Waals surface area (Å²) in [6, 6.07) is 0. The van der Waals surface area contributed by atoms with E-state index < -0.39 is 0 Å². The van der Waals surface area contributed by atoms with Gasteiger partial charge in [0.25, 0.3) is 0 Å². The van der Waals surface area contributed by atoms with E-state index in [-0.39, 0.29) is 5.97 Å². The predicted octanol–water partition coefficient (Wildman–Crippen LogP) is 1.67. The van der Waals surface area contributed by atoms with Crippen molar-refractivity contribution in [3.8, 4) is 0 Å². The third-order valence-corrected chi connectivity index (χ3v) is 2.15. The van der Waals surface area contributed by atoms with Gasteiger partial charge in [-0.15, -0.1) is 0 Å². The molecule has 0 amide bonds. The van der Waals surface area contributed by atoms with E-state index in [2.05, 4.69) is 6.58 Å². The highest BCUT2D eigenvalue weighted by Gasteiger charge is 2.14. The van der Waals surface area contributed by atoms with Gasteiger partial charge in [-0.1, -0.05) is 19.4 Å². The number of ether oxygens (including phenoxy) is 2. The Balaban J connectivity index is 1.94. The van der Waals surface area contributed by atoms with Crippen molar-refractivity contribution in [1.82, 2.24) is 0 Å². The van der Waals surface area contributed by atoms with Crippen molar-refractivity contribution in [2.24, 2.45) is 0 Å². The average Bonchev–Trinajstić information content (AvgIpc) is 2.64. The van der Waals surface area contributed by atoms with Gasteiger partial charge in [-0.05, 0) is 12.8 Å². The summed E-state index contributed by atoms with van der Waals surface area (Å²) in [5.41, 5.74) is 0. The zero-order valence-electron chi connectivity index (χ0n) is 7.83. The second-order valence-electron chi connectivity index (χ2n) is 3.15. The lowest BCUT2D eigenvalue weighted by atomic mass is 10.3. The Hall–Kier alpha value is -0.830. The molecule has 1 rings (SSSR count). The molecule has 1 saturated carbocycles. The second kappa shape index (κ2) is 5.75. The maximum atomic E-state index is 10.6. The zero-order chi connectivity index (χ0) is 9.52. The number of esters is 1. The van der Waals surface area contributed by atoms with Crippen molar-refractivity contribution in [3.05, 3.63) is 12.7 Å². The number of rotatable bonds is 5. The van der Waals surface area contributed by atoms with Crippen LogP contribution in [-0.4, -0.2) is 25.3 Å². The predicted molar refractivity (Wildman–Crippen MR) is 49.4 cm³/mol. The number of hydrogen-bond donors (Lipinski definition) is 0. The molecule has 3 nitrogen and oxygen atoms in total. The van der Waals surface area contributed by atoms with E-state index in [0.717, 1.165) is 18.9 Å². The van der Waals surface area contributed by atoms with Crippen molar-refractivity contribution >= 4 is 5.97 Å². The minimum Gasteiger partial charge on any atom is -0.460 e. The van der Waals surface area contributed by atoms with Crippen LogP contribution in [0.25, 0.3) is 0 Å². The van der Waals surface area contributed by atoms with Crippen molar-refractivity contribution < 1.29 is 14.3 Å². The van der Waals surface area contributed by atoms with E-state index in [9.17, 15) is 4.79 Å². The molecule has 74 valence electrons. The van der Waals surface area contributed by atoms with Gasteiger partial charge in [0, 0.05) is 6.08 Å². The van der Waals surface area contributed by atoms with Crippen LogP contribution in [0, 0.1) is 0 Å². The van der Waals surface area contributed by atoms with Crippen molar-refractivity contribution in [3.63, 3.8) is 0 Å². The monoisotopic (exact) mass is 184 g/mol. The summed E-state index contributed by atoms with van der Waals surface area (Å²) < 4.78 is 10.3. The number of hydrogen-bond acceptors (Lipinski definition) is 3. The number of carbonyl (C=O) groups excluding carboxylic acids is 1. The van der Waals surface area contributed by atoms with E-state index in [1.54, 1.807) is 0 Å². The van der Waals surface area contributed by atoms with Crippen LogP contribution in [0.15, 0.2) is 12.7 Å². The zero-order valence-corrected chi connectivity index (χ0v) is 7.83. The molecular weight excluding hydrogens is 168 g/mol. The first-order chi connectivity index (χ1) is 6.33. The van der Waals surface area contributed by atoms with E-state index in [4.69, 9.17) is 9.47 Å². The van der Waals surface area contributed by atoms with Crippen LogP contribution < -0.4 is 0 Å². The highest BCUT2D eigenvalue weighted by molar-refractivity contribution is 5.81. The standard InChI is InChI=1S/C10H16O3/c1-2-10(11)13-8-7-12-9-5-3-4-6-9/h2,9H,1,3-8H2. The van der Waals surface area contributed by atoms with Crippen LogP contribution in [-0.2, 0) is 14.3 Å². The summed E-state index contributed by atoms with van der Waals surface area (Å²) in [4.78, 5) is 10.6. The van der Waals surface area contributed by atoms with Gasteiger partial charge >= 0.3 is 5.97 Å². The molecule has 0 radical (unpaired) electrons. The van der Waals surface area contributed by atoms with Gasteiger partial charge in [0.15, 0.2) is 0 Å². The van der Waals surface area contributed by atoms with Gasteiger partial charge < -0.3 is 9.47 Å². The minimum atomic E-state index is -0.380. The Labute approximate surface area is 78.7 Å². The fourth-order valence-corrected chi connectivity index (χ4v) is 1.47. The smallest absolute Gasteiger partial charge is 0.330 e. The SMILES string of the molecule is C=CC(=O)OCCOC1CCCC1.